The molecule has 2 saturated carbocycles. The van der Waals surface area contributed by atoms with Gasteiger partial charge in [0.2, 0.25) is 0 Å². The van der Waals surface area contributed by atoms with Gasteiger partial charge in [-0.05, 0) is 57.7 Å². The van der Waals surface area contributed by atoms with Crippen LogP contribution in [-0.2, 0) is 38.2 Å². The Labute approximate surface area is 291 Å². The van der Waals surface area contributed by atoms with Crippen molar-refractivity contribution in [2.45, 2.75) is 128 Å². The number of carbonyl (C=O) groups is 4. The van der Waals surface area contributed by atoms with E-state index in [9.17, 15) is 34.5 Å². The second kappa shape index (κ2) is 13.0. The highest BCUT2D eigenvalue weighted by Gasteiger charge is 2.74. The van der Waals surface area contributed by atoms with Crippen molar-refractivity contribution in [3.05, 3.63) is 47.0 Å². The zero-order valence-corrected chi connectivity index (χ0v) is 29.8. The number of aliphatic hydroxyl groups is 3. The van der Waals surface area contributed by atoms with Gasteiger partial charge in [-0.1, -0.05) is 44.2 Å². The lowest BCUT2D eigenvalue weighted by Gasteiger charge is -2.66. The van der Waals surface area contributed by atoms with Crippen LogP contribution in [-0.4, -0.2) is 93.1 Å². The van der Waals surface area contributed by atoms with Crippen LogP contribution in [0.25, 0.3) is 0 Å². The first-order valence-electron chi connectivity index (χ1n) is 16.9. The fourth-order valence-corrected chi connectivity index (χ4v) is 8.73. The molecule has 1 heterocycles. The standard InChI is InChI=1S/C36H50N2O12/c1-18-21(47-30(44)28(42)26(20-12-10-9-11-13-20)38-31(45)49-32(3,4)5)15-35(50-37)16-22-34(8,29(43)27(41)25(18)33(35,6)7)23(40)14-24-36(22,17-46-24)48-19(2)39/h9-13,21-24,26-28,40-42H,14-17,37H2,1-8H3,(H,38,45)/t21-,22-,23-,24+,26-,27+,28-,34-,35+,36+/m0/s1. The van der Waals surface area contributed by atoms with Gasteiger partial charge in [0, 0.05) is 31.1 Å². The maximum Gasteiger partial charge on any atom is 0.408 e. The first-order chi connectivity index (χ1) is 23.1. The average Bonchev–Trinajstić information content (AvgIpc) is 3.02. The number of nitrogens with two attached hydrogens (primary N) is 1. The third kappa shape index (κ3) is 6.03. The normalized spacial score (nSPS) is 35.9. The van der Waals surface area contributed by atoms with E-state index in [1.807, 2.05) is 0 Å². The van der Waals surface area contributed by atoms with E-state index in [4.69, 9.17) is 29.7 Å². The summed E-state index contributed by atoms with van der Waals surface area (Å²) in [5.41, 5.74) is -5.50. The smallest absolute Gasteiger partial charge is 0.408 e. The predicted octanol–water partition coefficient (Wildman–Crippen LogP) is 2.32. The summed E-state index contributed by atoms with van der Waals surface area (Å²) in [7, 11) is 0. The molecule has 5 rings (SSSR count). The Morgan fingerprint density at radius 2 is 1.72 bits per heavy atom. The summed E-state index contributed by atoms with van der Waals surface area (Å²) in [4.78, 5) is 59.4. The van der Waals surface area contributed by atoms with Gasteiger partial charge < -0.3 is 39.6 Å². The van der Waals surface area contributed by atoms with E-state index in [2.05, 4.69) is 5.32 Å². The number of Topliss-reactive ketones (excluding diaryl/α,β-unsaturated/α-hetero) is 1. The zero-order valence-electron chi connectivity index (χ0n) is 29.8. The van der Waals surface area contributed by atoms with E-state index in [-0.39, 0.29) is 31.4 Å². The van der Waals surface area contributed by atoms with Crippen molar-refractivity contribution < 1.29 is 58.3 Å². The Bertz CT molecular complexity index is 1560. The summed E-state index contributed by atoms with van der Waals surface area (Å²) in [5.74, 6) is 2.80. The molecule has 6 N–H and O–H groups in total. The molecule has 50 heavy (non-hydrogen) atoms. The molecular formula is C36H50N2O12. The molecule has 1 aromatic rings. The summed E-state index contributed by atoms with van der Waals surface area (Å²) >= 11 is 0. The number of benzene rings is 1. The number of hydrogen-bond acceptors (Lipinski definition) is 13. The lowest BCUT2D eigenvalue weighted by atomic mass is 9.46. The van der Waals surface area contributed by atoms with Gasteiger partial charge >= 0.3 is 18.0 Å². The molecule has 10 atom stereocenters. The summed E-state index contributed by atoms with van der Waals surface area (Å²) in [5, 5.41) is 37.4. The van der Waals surface area contributed by atoms with Crippen molar-refractivity contribution in [3.63, 3.8) is 0 Å². The lowest BCUT2D eigenvalue weighted by molar-refractivity contribution is -0.329. The van der Waals surface area contributed by atoms with Crippen LogP contribution in [0.5, 0.6) is 0 Å². The van der Waals surface area contributed by atoms with E-state index in [0.29, 0.717) is 11.1 Å². The molecule has 14 nitrogen and oxygen atoms in total. The van der Waals surface area contributed by atoms with Crippen LogP contribution in [0, 0.1) is 16.7 Å². The number of esters is 2. The van der Waals surface area contributed by atoms with Gasteiger partial charge in [-0.25, -0.2) is 15.5 Å². The third-order valence-corrected chi connectivity index (χ3v) is 11.5. The fraction of sp³-hybridized carbons (Fsp3) is 0.667. The molecule has 0 unspecified atom stereocenters. The number of ketones is 1. The first-order valence-corrected chi connectivity index (χ1v) is 16.9. The van der Waals surface area contributed by atoms with Crippen LogP contribution in [0.3, 0.4) is 0 Å². The van der Waals surface area contributed by atoms with Crippen molar-refractivity contribution in [1.29, 1.82) is 0 Å². The van der Waals surface area contributed by atoms with Gasteiger partial charge in [0.15, 0.2) is 17.5 Å². The number of fused-ring (bicyclic) bond motifs is 5. The molecular weight excluding hydrogens is 652 g/mol. The minimum atomic E-state index is -1.92. The average molecular weight is 703 g/mol. The van der Waals surface area contributed by atoms with Crippen LogP contribution in [0.4, 0.5) is 4.79 Å². The van der Waals surface area contributed by atoms with Crippen molar-refractivity contribution in [3.8, 4) is 0 Å². The van der Waals surface area contributed by atoms with Gasteiger partial charge in [0.25, 0.3) is 0 Å². The highest BCUT2D eigenvalue weighted by Crippen LogP contribution is 2.64. The summed E-state index contributed by atoms with van der Waals surface area (Å²) < 4.78 is 23.0. The largest absolute Gasteiger partial charge is 0.456 e. The van der Waals surface area contributed by atoms with Gasteiger partial charge in [-0.15, -0.1) is 0 Å². The molecule has 276 valence electrons. The van der Waals surface area contributed by atoms with Crippen LogP contribution in [0.1, 0.15) is 86.3 Å². The van der Waals surface area contributed by atoms with Gasteiger partial charge in [-0.2, -0.15) is 0 Å². The van der Waals surface area contributed by atoms with E-state index < -0.39 is 93.9 Å². The Morgan fingerprint density at radius 1 is 1.08 bits per heavy atom. The monoisotopic (exact) mass is 702 g/mol. The van der Waals surface area contributed by atoms with Crippen molar-refractivity contribution in [1.82, 2.24) is 5.32 Å². The number of nitrogens with one attached hydrogen (secondary N) is 1. The third-order valence-electron chi connectivity index (χ3n) is 11.5. The Balaban J connectivity index is 1.55. The number of alkyl carbamates (subject to hydrolysis) is 1. The minimum Gasteiger partial charge on any atom is -0.456 e. The SMILES string of the molecule is CC(=O)O[C@@]12CO[C@@H]1C[C@H](O)[C@@]1(C)C(=O)[C@H](O)C3=C(C)[C@@H](OC(=O)[C@@H](O)[C@@H](NC(=O)OC(C)(C)C)c4ccccc4)C[C@@](ON)(C[C@H]21)C3(C)C. The molecule has 1 amide bonds. The maximum absolute atomic E-state index is 14.5. The van der Waals surface area contributed by atoms with E-state index >= 15 is 0 Å². The number of aliphatic hydroxyl groups excluding tert-OH is 3. The number of amides is 1. The van der Waals surface area contributed by atoms with Crippen molar-refractivity contribution in [2.24, 2.45) is 22.6 Å². The summed E-state index contributed by atoms with van der Waals surface area (Å²) in [6, 6.07) is 7.07. The van der Waals surface area contributed by atoms with Crippen LogP contribution >= 0.6 is 0 Å². The van der Waals surface area contributed by atoms with Crippen LogP contribution in [0.15, 0.2) is 41.5 Å². The molecule has 1 saturated heterocycles. The first kappa shape index (κ1) is 37.8. The second-order valence-electron chi connectivity index (χ2n) is 15.8. The fourth-order valence-electron chi connectivity index (χ4n) is 8.73. The molecule has 0 aromatic heterocycles. The zero-order chi connectivity index (χ0) is 37.2. The Kier molecular flexibility index (Phi) is 9.82. The predicted molar refractivity (Wildman–Crippen MR) is 176 cm³/mol. The lowest BCUT2D eigenvalue weighted by Crippen LogP contribution is -2.77. The molecule has 1 aromatic carbocycles. The number of ether oxygens (including phenoxy) is 4. The maximum atomic E-state index is 14.5. The molecule has 3 aliphatic carbocycles. The highest BCUT2D eigenvalue weighted by atomic mass is 16.6. The molecule has 3 fully saturated rings. The number of carbonyl (C=O) groups excluding carboxylic acids is 4. The van der Waals surface area contributed by atoms with Crippen molar-refractivity contribution in [2.75, 3.05) is 6.61 Å². The Morgan fingerprint density at radius 3 is 2.26 bits per heavy atom. The summed E-state index contributed by atoms with van der Waals surface area (Å²) in [6.07, 6.45) is -7.90. The molecule has 0 radical (unpaired) electrons. The summed E-state index contributed by atoms with van der Waals surface area (Å²) in [6.45, 7) is 12.9. The highest BCUT2D eigenvalue weighted by molar-refractivity contribution is 5.93. The van der Waals surface area contributed by atoms with E-state index in [1.54, 1.807) is 78.8 Å². The topological polar surface area (TPSA) is 213 Å². The van der Waals surface area contributed by atoms with Crippen molar-refractivity contribution >= 4 is 23.8 Å². The Hall–Kier alpha value is -3.40. The quantitative estimate of drug-likeness (QED) is 0.120. The van der Waals surface area contributed by atoms with Crippen LogP contribution < -0.4 is 11.2 Å². The molecule has 2 bridgehead atoms. The molecule has 14 heteroatoms. The van der Waals surface area contributed by atoms with E-state index in [1.165, 1.54) is 6.92 Å². The molecule has 4 aliphatic rings. The van der Waals surface area contributed by atoms with E-state index in [0.717, 1.165) is 0 Å². The number of hydrogen-bond donors (Lipinski definition) is 5. The van der Waals surface area contributed by atoms with Gasteiger partial charge in [0.1, 0.15) is 29.5 Å². The molecule has 0 spiro atoms. The number of rotatable bonds is 7. The molecule has 1 aliphatic heterocycles. The van der Waals surface area contributed by atoms with Crippen LogP contribution in [0.2, 0.25) is 0 Å². The minimum absolute atomic E-state index is 0.00527. The second-order valence-corrected chi connectivity index (χ2v) is 15.8. The van der Waals surface area contributed by atoms with Gasteiger partial charge in [0.05, 0.1) is 24.2 Å². The van der Waals surface area contributed by atoms with Gasteiger partial charge in [-0.3, -0.25) is 14.4 Å².